The third-order valence-electron chi connectivity index (χ3n) is 1.72. The largest absolute Gasteiger partial charge is 0.441 e. The fourth-order valence-electron chi connectivity index (χ4n) is 0.959. The van der Waals surface area contributed by atoms with Crippen LogP contribution in [0.2, 0.25) is 0 Å². The Morgan fingerprint density at radius 1 is 1.29 bits per heavy atom. The highest BCUT2D eigenvalue weighted by atomic mass is 16.5. The Kier molecular flexibility index (Phi) is 3.23. The number of Topliss-reactive ketones (excluding diaryl/α,β-unsaturated/α-hetero) is 1. The lowest BCUT2D eigenvalue weighted by molar-refractivity contribution is 0.0857. The van der Waals surface area contributed by atoms with E-state index in [2.05, 4.69) is 4.74 Å². The van der Waals surface area contributed by atoms with Crippen LogP contribution in [0.25, 0.3) is 0 Å². The molecule has 1 aromatic carbocycles. The van der Waals surface area contributed by atoms with Gasteiger partial charge in [-0.1, -0.05) is 29.8 Å². The zero-order valence-electron chi connectivity index (χ0n) is 7.82. The summed E-state index contributed by atoms with van der Waals surface area (Å²) in [5.74, 6) is -0.260. The molecule has 14 heavy (non-hydrogen) atoms. The third kappa shape index (κ3) is 2.90. The first-order chi connectivity index (χ1) is 6.59. The highest BCUT2D eigenvalue weighted by Gasteiger charge is 2.06. The van der Waals surface area contributed by atoms with Crippen molar-refractivity contribution in [3.05, 3.63) is 35.4 Å². The van der Waals surface area contributed by atoms with Crippen molar-refractivity contribution in [1.82, 2.24) is 0 Å². The van der Waals surface area contributed by atoms with E-state index in [9.17, 15) is 9.59 Å². The van der Waals surface area contributed by atoms with Gasteiger partial charge in [0.1, 0.15) is 0 Å². The van der Waals surface area contributed by atoms with Crippen molar-refractivity contribution < 1.29 is 14.3 Å². The van der Waals surface area contributed by atoms with Gasteiger partial charge in [0, 0.05) is 5.56 Å². The van der Waals surface area contributed by atoms with E-state index < -0.39 is 6.09 Å². The number of carbonyl (C=O) groups is 2. The van der Waals surface area contributed by atoms with Gasteiger partial charge in [0.15, 0.2) is 12.4 Å². The zero-order valence-corrected chi connectivity index (χ0v) is 7.82. The average Bonchev–Trinajstić information content (AvgIpc) is 2.15. The number of ether oxygens (including phenoxy) is 1. The average molecular weight is 193 g/mol. The van der Waals surface area contributed by atoms with Crippen LogP contribution in [0.15, 0.2) is 24.3 Å². The second-order valence-corrected chi connectivity index (χ2v) is 2.90. The third-order valence-corrected chi connectivity index (χ3v) is 1.72. The molecule has 74 valence electrons. The quantitative estimate of drug-likeness (QED) is 0.735. The maximum absolute atomic E-state index is 11.3. The van der Waals surface area contributed by atoms with Gasteiger partial charge in [-0.25, -0.2) is 4.79 Å². The number of nitrogens with two attached hydrogens (primary N) is 1. The topological polar surface area (TPSA) is 69.4 Å². The molecule has 0 radical (unpaired) electrons. The van der Waals surface area contributed by atoms with Crippen molar-refractivity contribution >= 4 is 11.9 Å². The van der Waals surface area contributed by atoms with Gasteiger partial charge in [0.2, 0.25) is 0 Å². The summed E-state index contributed by atoms with van der Waals surface area (Å²) < 4.78 is 4.38. The number of carbonyl (C=O) groups excluding carboxylic acids is 2. The van der Waals surface area contributed by atoms with E-state index in [1.165, 1.54) is 0 Å². The van der Waals surface area contributed by atoms with Crippen LogP contribution in [0, 0.1) is 6.92 Å². The van der Waals surface area contributed by atoms with Crippen molar-refractivity contribution in [2.24, 2.45) is 5.73 Å². The van der Waals surface area contributed by atoms with Crippen LogP contribution in [-0.2, 0) is 4.74 Å². The van der Waals surface area contributed by atoms with Crippen LogP contribution in [0.3, 0.4) is 0 Å². The van der Waals surface area contributed by atoms with Crippen molar-refractivity contribution in [1.29, 1.82) is 0 Å². The van der Waals surface area contributed by atoms with Gasteiger partial charge >= 0.3 is 6.09 Å². The standard InChI is InChI=1S/C10H11NO3/c1-7-2-4-8(5-3-7)9(12)6-14-10(11)13/h2-5H,6H2,1H3,(H2,11,13). The summed E-state index contributed by atoms with van der Waals surface area (Å²) in [6.45, 7) is 1.62. The zero-order chi connectivity index (χ0) is 10.6. The summed E-state index contributed by atoms with van der Waals surface area (Å²) in [6, 6.07) is 7.00. The van der Waals surface area contributed by atoms with E-state index in [0.717, 1.165) is 5.56 Å². The molecule has 4 heteroatoms. The Bertz CT molecular complexity index is 343. The summed E-state index contributed by atoms with van der Waals surface area (Å²) in [7, 11) is 0. The fraction of sp³-hybridized carbons (Fsp3) is 0.200. The predicted molar refractivity (Wildman–Crippen MR) is 51.0 cm³/mol. The molecule has 0 bridgehead atoms. The highest BCUT2D eigenvalue weighted by Crippen LogP contribution is 2.04. The minimum absolute atomic E-state index is 0.260. The van der Waals surface area contributed by atoms with Crippen molar-refractivity contribution in [3.8, 4) is 0 Å². The van der Waals surface area contributed by atoms with E-state index in [4.69, 9.17) is 5.73 Å². The van der Waals surface area contributed by atoms with Gasteiger partial charge < -0.3 is 10.5 Å². The van der Waals surface area contributed by atoms with Crippen LogP contribution in [-0.4, -0.2) is 18.5 Å². The number of primary amides is 1. The van der Waals surface area contributed by atoms with Crippen LogP contribution in [0.4, 0.5) is 4.79 Å². The summed E-state index contributed by atoms with van der Waals surface area (Å²) >= 11 is 0. The van der Waals surface area contributed by atoms with E-state index >= 15 is 0 Å². The van der Waals surface area contributed by atoms with Gasteiger partial charge in [0.05, 0.1) is 0 Å². The number of benzene rings is 1. The minimum atomic E-state index is -0.939. The molecule has 0 unspecified atom stereocenters. The number of hydrogen-bond donors (Lipinski definition) is 1. The first-order valence-corrected chi connectivity index (χ1v) is 4.11. The molecule has 2 N–H and O–H groups in total. The number of rotatable bonds is 3. The molecule has 0 heterocycles. The molecule has 1 amide bonds. The molecule has 4 nitrogen and oxygen atoms in total. The Labute approximate surface area is 81.7 Å². The number of hydrogen-bond acceptors (Lipinski definition) is 3. The van der Waals surface area contributed by atoms with Gasteiger partial charge in [-0.3, -0.25) is 4.79 Å². The Hall–Kier alpha value is -1.84. The van der Waals surface area contributed by atoms with Crippen molar-refractivity contribution in [2.75, 3.05) is 6.61 Å². The molecule has 0 aromatic heterocycles. The molecule has 0 aliphatic heterocycles. The van der Waals surface area contributed by atoms with E-state index in [-0.39, 0.29) is 12.4 Å². The summed E-state index contributed by atoms with van der Waals surface area (Å²) in [5.41, 5.74) is 6.31. The first kappa shape index (κ1) is 10.2. The number of ketones is 1. The normalized spacial score (nSPS) is 9.50. The molecule has 0 atom stereocenters. The Balaban J connectivity index is 2.61. The van der Waals surface area contributed by atoms with Gasteiger partial charge in [-0.2, -0.15) is 0 Å². The van der Waals surface area contributed by atoms with Gasteiger partial charge in [0.25, 0.3) is 0 Å². The van der Waals surface area contributed by atoms with E-state index in [0.29, 0.717) is 5.56 Å². The molecule has 0 saturated heterocycles. The van der Waals surface area contributed by atoms with Gasteiger partial charge in [-0.15, -0.1) is 0 Å². The maximum atomic E-state index is 11.3. The molecule has 1 aromatic rings. The highest BCUT2D eigenvalue weighted by molar-refractivity contribution is 5.97. The number of aryl methyl sites for hydroxylation is 1. The fourth-order valence-corrected chi connectivity index (χ4v) is 0.959. The molecule has 0 saturated carbocycles. The molecular formula is C10H11NO3. The SMILES string of the molecule is Cc1ccc(C(=O)COC(N)=O)cc1. The molecule has 0 spiro atoms. The van der Waals surface area contributed by atoms with Crippen LogP contribution < -0.4 is 5.73 Å². The monoisotopic (exact) mass is 193 g/mol. The smallest absolute Gasteiger partial charge is 0.404 e. The second-order valence-electron chi connectivity index (χ2n) is 2.90. The van der Waals surface area contributed by atoms with Crippen LogP contribution in [0.5, 0.6) is 0 Å². The van der Waals surface area contributed by atoms with Crippen molar-refractivity contribution in [2.45, 2.75) is 6.92 Å². The molecule has 1 rings (SSSR count). The molecule has 0 aliphatic carbocycles. The molecule has 0 aliphatic rings. The lowest BCUT2D eigenvalue weighted by Gasteiger charge is -2.01. The predicted octanol–water partition coefficient (Wildman–Crippen LogP) is 1.27. The summed E-state index contributed by atoms with van der Waals surface area (Å²) in [4.78, 5) is 21.6. The molecule has 0 fully saturated rings. The maximum Gasteiger partial charge on any atom is 0.404 e. The van der Waals surface area contributed by atoms with Crippen LogP contribution in [0.1, 0.15) is 15.9 Å². The Morgan fingerprint density at radius 3 is 2.36 bits per heavy atom. The van der Waals surface area contributed by atoms with Crippen LogP contribution >= 0.6 is 0 Å². The first-order valence-electron chi connectivity index (χ1n) is 4.11. The van der Waals surface area contributed by atoms with Gasteiger partial charge in [-0.05, 0) is 6.92 Å². The number of amides is 1. The summed E-state index contributed by atoms with van der Waals surface area (Å²) in [5, 5.41) is 0. The Morgan fingerprint density at radius 2 is 1.86 bits per heavy atom. The lowest BCUT2D eigenvalue weighted by atomic mass is 10.1. The summed E-state index contributed by atoms with van der Waals surface area (Å²) in [6.07, 6.45) is -0.939. The van der Waals surface area contributed by atoms with Crippen molar-refractivity contribution in [3.63, 3.8) is 0 Å². The minimum Gasteiger partial charge on any atom is -0.441 e. The lowest BCUT2D eigenvalue weighted by Crippen LogP contribution is -2.18. The molecular weight excluding hydrogens is 182 g/mol. The second kappa shape index (κ2) is 4.41. The van der Waals surface area contributed by atoms with E-state index in [1.54, 1.807) is 12.1 Å². The van der Waals surface area contributed by atoms with E-state index in [1.807, 2.05) is 19.1 Å².